The van der Waals surface area contributed by atoms with Crippen LogP contribution in [-0.4, -0.2) is 21.7 Å². The van der Waals surface area contributed by atoms with Crippen LogP contribution in [0.3, 0.4) is 0 Å². The van der Waals surface area contributed by atoms with Crippen molar-refractivity contribution >= 4 is 46.2 Å². The Hall–Kier alpha value is -3.53. The highest BCUT2D eigenvalue weighted by Gasteiger charge is 2.20. The molecule has 0 fully saturated rings. The molecule has 0 aliphatic heterocycles. The van der Waals surface area contributed by atoms with Crippen LogP contribution >= 0.6 is 11.6 Å². The van der Waals surface area contributed by atoms with Gasteiger partial charge in [0.15, 0.2) is 0 Å². The summed E-state index contributed by atoms with van der Waals surface area (Å²) >= 11 is 6.02. The van der Waals surface area contributed by atoms with Gasteiger partial charge in [-0.3, -0.25) is 29.8 Å². The molecule has 2 aromatic rings. The number of benzene rings is 2. The summed E-state index contributed by atoms with van der Waals surface area (Å²) < 4.78 is 0. The summed E-state index contributed by atoms with van der Waals surface area (Å²) in [5.41, 5.74) is -0.958. The average Bonchev–Trinajstić information content (AvgIpc) is 2.63. The number of hydrogen-bond acceptors (Lipinski definition) is 6. The van der Waals surface area contributed by atoms with Crippen LogP contribution in [-0.2, 0) is 4.79 Å². The van der Waals surface area contributed by atoms with Crippen molar-refractivity contribution in [2.75, 3.05) is 10.6 Å². The molecule has 0 aliphatic rings. The first-order valence-corrected chi connectivity index (χ1v) is 7.93. The standard InChI is InChI=1S/C16H13ClN4O6/c1-2-15(22)18-10-3-4-13(17)14(7-10)19-16(23)9-5-11(20(24)25)8-12(6-9)21(26)27/h3-8H,2H2,1H3,(H,18,22)(H,19,23). The highest BCUT2D eigenvalue weighted by atomic mass is 35.5. The van der Waals surface area contributed by atoms with Crippen LogP contribution in [0.5, 0.6) is 0 Å². The molecule has 0 unspecified atom stereocenters. The van der Waals surface area contributed by atoms with Crippen molar-refractivity contribution in [3.05, 3.63) is 67.2 Å². The number of halogens is 1. The van der Waals surface area contributed by atoms with Crippen LogP contribution in [0.1, 0.15) is 23.7 Å². The van der Waals surface area contributed by atoms with Gasteiger partial charge in [0.2, 0.25) is 5.91 Å². The van der Waals surface area contributed by atoms with Gasteiger partial charge in [-0.25, -0.2) is 0 Å². The Balaban J connectivity index is 2.34. The molecule has 2 aromatic carbocycles. The number of nitrogens with one attached hydrogen (secondary N) is 2. The molecule has 0 aromatic heterocycles. The van der Waals surface area contributed by atoms with Crippen LogP contribution in [0.25, 0.3) is 0 Å². The fourth-order valence-corrected chi connectivity index (χ4v) is 2.24. The van der Waals surface area contributed by atoms with Gasteiger partial charge in [0.1, 0.15) is 0 Å². The van der Waals surface area contributed by atoms with Gasteiger partial charge in [-0.1, -0.05) is 18.5 Å². The van der Waals surface area contributed by atoms with E-state index in [2.05, 4.69) is 10.6 Å². The van der Waals surface area contributed by atoms with E-state index in [0.29, 0.717) is 5.69 Å². The third-order valence-electron chi connectivity index (χ3n) is 3.41. The zero-order valence-electron chi connectivity index (χ0n) is 13.9. The molecule has 0 saturated carbocycles. The van der Waals surface area contributed by atoms with E-state index in [1.807, 2.05) is 0 Å². The summed E-state index contributed by atoms with van der Waals surface area (Å²) in [6.07, 6.45) is 0.252. The number of non-ortho nitro benzene ring substituents is 2. The van der Waals surface area contributed by atoms with E-state index in [1.165, 1.54) is 18.2 Å². The molecule has 0 heterocycles. The number of rotatable bonds is 6. The summed E-state index contributed by atoms with van der Waals surface area (Å²) in [5, 5.41) is 27.0. The number of nitrogens with zero attached hydrogens (tertiary/aromatic N) is 2. The highest BCUT2D eigenvalue weighted by molar-refractivity contribution is 6.34. The minimum Gasteiger partial charge on any atom is -0.326 e. The maximum atomic E-state index is 12.4. The molecule has 27 heavy (non-hydrogen) atoms. The number of nitro groups is 2. The Morgan fingerprint density at radius 2 is 1.59 bits per heavy atom. The van der Waals surface area contributed by atoms with E-state index in [4.69, 9.17) is 11.6 Å². The van der Waals surface area contributed by atoms with Crippen LogP contribution in [0, 0.1) is 20.2 Å². The predicted octanol–water partition coefficient (Wildman–Crippen LogP) is 3.76. The van der Waals surface area contributed by atoms with Gasteiger partial charge in [-0.15, -0.1) is 0 Å². The second-order valence-corrected chi connectivity index (χ2v) is 5.71. The zero-order chi connectivity index (χ0) is 20.1. The van der Waals surface area contributed by atoms with Crippen LogP contribution in [0.4, 0.5) is 22.7 Å². The van der Waals surface area contributed by atoms with Crippen molar-refractivity contribution < 1.29 is 19.4 Å². The van der Waals surface area contributed by atoms with Gasteiger partial charge >= 0.3 is 0 Å². The number of hydrogen-bond donors (Lipinski definition) is 2. The molecule has 11 heteroatoms. The third kappa shape index (κ3) is 4.98. The van der Waals surface area contributed by atoms with Crippen molar-refractivity contribution in [3.63, 3.8) is 0 Å². The van der Waals surface area contributed by atoms with Gasteiger partial charge in [-0.05, 0) is 18.2 Å². The molecular formula is C16H13ClN4O6. The Morgan fingerprint density at radius 3 is 2.11 bits per heavy atom. The van der Waals surface area contributed by atoms with E-state index in [0.717, 1.165) is 18.2 Å². The summed E-state index contributed by atoms with van der Waals surface area (Å²) in [6.45, 7) is 1.67. The van der Waals surface area contributed by atoms with Crippen molar-refractivity contribution in [3.8, 4) is 0 Å². The molecule has 0 spiro atoms. The third-order valence-corrected chi connectivity index (χ3v) is 3.74. The average molecular weight is 393 g/mol. The van der Waals surface area contributed by atoms with Gasteiger partial charge in [0.05, 0.1) is 32.2 Å². The van der Waals surface area contributed by atoms with Gasteiger partial charge in [0.25, 0.3) is 17.3 Å². The second kappa shape index (κ2) is 8.23. The number of amides is 2. The van der Waals surface area contributed by atoms with Gasteiger partial charge in [-0.2, -0.15) is 0 Å². The van der Waals surface area contributed by atoms with Crippen molar-refractivity contribution in [2.24, 2.45) is 0 Å². The fourth-order valence-electron chi connectivity index (χ4n) is 2.08. The molecule has 2 amide bonds. The highest BCUT2D eigenvalue weighted by Crippen LogP contribution is 2.28. The number of carbonyl (C=O) groups is 2. The molecule has 0 radical (unpaired) electrons. The monoisotopic (exact) mass is 392 g/mol. The zero-order valence-corrected chi connectivity index (χ0v) is 14.6. The first kappa shape index (κ1) is 19.8. The summed E-state index contributed by atoms with van der Waals surface area (Å²) in [5.74, 6) is -1.08. The maximum absolute atomic E-state index is 12.4. The molecule has 0 saturated heterocycles. The number of nitro benzene ring substituents is 2. The lowest BCUT2D eigenvalue weighted by Crippen LogP contribution is -2.14. The quantitative estimate of drug-likeness (QED) is 0.565. The van der Waals surface area contributed by atoms with Crippen LogP contribution < -0.4 is 10.6 Å². The minimum absolute atomic E-state index is 0.129. The Morgan fingerprint density at radius 1 is 1.00 bits per heavy atom. The minimum atomic E-state index is -0.836. The van der Waals surface area contributed by atoms with Gasteiger partial charge in [0, 0.05) is 24.2 Å². The van der Waals surface area contributed by atoms with E-state index in [1.54, 1.807) is 6.92 Å². The summed E-state index contributed by atoms with van der Waals surface area (Å²) in [6, 6.07) is 6.96. The molecule has 2 rings (SSSR count). The Bertz CT molecular complexity index is 914. The van der Waals surface area contributed by atoms with E-state index < -0.39 is 27.1 Å². The first-order chi connectivity index (χ1) is 12.7. The lowest BCUT2D eigenvalue weighted by molar-refractivity contribution is -0.394. The number of carbonyl (C=O) groups excluding carboxylic acids is 2. The topological polar surface area (TPSA) is 144 Å². The molecule has 0 bridgehead atoms. The summed E-state index contributed by atoms with van der Waals surface area (Å²) in [7, 11) is 0. The van der Waals surface area contributed by atoms with Crippen molar-refractivity contribution in [2.45, 2.75) is 13.3 Å². The molecule has 140 valence electrons. The SMILES string of the molecule is CCC(=O)Nc1ccc(Cl)c(NC(=O)c2cc([N+](=O)[O-])cc([N+](=O)[O-])c2)c1. The fraction of sp³-hybridized carbons (Fsp3) is 0.125. The van der Waals surface area contributed by atoms with Gasteiger partial charge < -0.3 is 10.6 Å². The Labute approximate surface area is 157 Å². The maximum Gasteiger partial charge on any atom is 0.277 e. The second-order valence-electron chi connectivity index (χ2n) is 5.30. The predicted molar refractivity (Wildman–Crippen MR) is 98.1 cm³/mol. The molecule has 0 aliphatic carbocycles. The molecule has 2 N–H and O–H groups in total. The van der Waals surface area contributed by atoms with Crippen LogP contribution in [0.15, 0.2) is 36.4 Å². The lowest BCUT2D eigenvalue weighted by Gasteiger charge is -2.10. The smallest absolute Gasteiger partial charge is 0.277 e. The van der Waals surface area contributed by atoms with E-state index in [-0.39, 0.29) is 28.6 Å². The van der Waals surface area contributed by atoms with Crippen molar-refractivity contribution in [1.82, 2.24) is 0 Å². The Kier molecular flexibility index (Phi) is 6.03. The summed E-state index contributed by atoms with van der Waals surface area (Å²) in [4.78, 5) is 44.1. The van der Waals surface area contributed by atoms with E-state index in [9.17, 15) is 29.8 Å². The van der Waals surface area contributed by atoms with E-state index >= 15 is 0 Å². The largest absolute Gasteiger partial charge is 0.326 e. The van der Waals surface area contributed by atoms with Crippen molar-refractivity contribution in [1.29, 1.82) is 0 Å². The molecule has 10 nitrogen and oxygen atoms in total. The number of anilines is 2. The molecule has 0 atom stereocenters. The first-order valence-electron chi connectivity index (χ1n) is 7.56. The normalized spacial score (nSPS) is 10.1. The lowest BCUT2D eigenvalue weighted by atomic mass is 10.1. The van der Waals surface area contributed by atoms with Crippen LogP contribution in [0.2, 0.25) is 5.02 Å². The molecular weight excluding hydrogens is 380 g/mol.